The third-order valence-electron chi connectivity index (χ3n) is 3.54. The quantitative estimate of drug-likeness (QED) is 0.773. The van der Waals surface area contributed by atoms with E-state index in [1.54, 1.807) is 6.07 Å². The maximum Gasteiger partial charge on any atom is 0.310 e. The number of hydrogen-bond acceptors (Lipinski definition) is 4. The Morgan fingerprint density at radius 1 is 1.14 bits per heavy atom. The molecule has 5 nitrogen and oxygen atoms in total. The molecule has 2 aromatic rings. The molecule has 0 bridgehead atoms. The van der Waals surface area contributed by atoms with Crippen LogP contribution in [0.15, 0.2) is 46.2 Å². The highest BCUT2D eigenvalue weighted by atomic mass is 35.5. The number of benzene rings is 2. The number of halogens is 1. The molecule has 1 aliphatic heterocycles. The maximum absolute atomic E-state index is 12.7. The number of fused-ring (bicyclic) bond motifs is 2. The number of carbonyl (C=O) groups is 1. The van der Waals surface area contributed by atoms with E-state index in [-0.39, 0.29) is 21.3 Å². The summed E-state index contributed by atoms with van der Waals surface area (Å²) in [5.74, 6) is -1.51. The molecule has 3 rings (SSSR count). The Bertz CT molecular complexity index is 889. The Morgan fingerprint density at radius 3 is 2.55 bits per heavy atom. The number of ether oxygens (including phenoxy) is 1. The molecular weight excluding hydrogens is 328 g/mol. The van der Waals surface area contributed by atoms with Crippen LogP contribution in [-0.4, -0.2) is 19.5 Å². The Morgan fingerprint density at radius 2 is 1.86 bits per heavy atom. The molecule has 0 aliphatic carbocycles. The van der Waals surface area contributed by atoms with E-state index in [9.17, 15) is 13.2 Å². The van der Waals surface area contributed by atoms with Gasteiger partial charge in [0.2, 0.25) is 9.84 Å². The van der Waals surface area contributed by atoms with E-state index < -0.39 is 21.7 Å². The van der Waals surface area contributed by atoms with Gasteiger partial charge in [-0.25, -0.2) is 8.42 Å². The van der Waals surface area contributed by atoms with Crippen molar-refractivity contribution >= 4 is 27.4 Å². The molecule has 0 saturated heterocycles. The van der Waals surface area contributed by atoms with Crippen molar-refractivity contribution in [2.24, 2.45) is 0 Å². The highest BCUT2D eigenvalue weighted by Crippen LogP contribution is 2.44. The van der Waals surface area contributed by atoms with Crippen LogP contribution in [0.25, 0.3) is 0 Å². The van der Waals surface area contributed by atoms with Crippen LogP contribution in [0, 0.1) is 0 Å². The summed E-state index contributed by atoms with van der Waals surface area (Å²) >= 11 is 5.86. The number of rotatable bonds is 2. The summed E-state index contributed by atoms with van der Waals surface area (Å²) in [4.78, 5) is 11.1. The van der Waals surface area contributed by atoms with E-state index in [2.05, 4.69) is 0 Å². The number of sulfone groups is 1. The van der Waals surface area contributed by atoms with E-state index in [4.69, 9.17) is 21.4 Å². The fourth-order valence-electron chi connectivity index (χ4n) is 2.25. The van der Waals surface area contributed by atoms with Crippen LogP contribution in [0.1, 0.15) is 18.4 Å². The molecule has 0 spiro atoms. The molecule has 0 fully saturated rings. The van der Waals surface area contributed by atoms with Gasteiger partial charge in [0.15, 0.2) is 0 Å². The molecule has 7 heteroatoms. The minimum Gasteiger partial charge on any atom is -0.481 e. The van der Waals surface area contributed by atoms with Crippen molar-refractivity contribution in [1.82, 2.24) is 0 Å². The van der Waals surface area contributed by atoms with Crippen LogP contribution < -0.4 is 4.74 Å². The molecule has 0 radical (unpaired) electrons. The molecule has 0 amide bonds. The van der Waals surface area contributed by atoms with Crippen LogP contribution in [0.5, 0.6) is 11.5 Å². The molecule has 2 aromatic carbocycles. The summed E-state index contributed by atoms with van der Waals surface area (Å²) in [6.45, 7) is 1.49. The Labute approximate surface area is 132 Å². The zero-order chi connectivity index (χ0) is 16.1. The van der Waals surface area contributed by atoms with Gasteiger partial charge in [-0.05, 0) is 36.8 Å². The first-order chi connectivity index (χ1) is 10.3. The fourth-order valence-corrected chi connectivity index (χ4v) is 3.93. The lowest BCUT2D eigenvalue weighted by Crippen LogP contribution is -2.13. The second kappa shape index (κ2) is 5.00. The molecule has 1 atom stereocenters. The van der Waals surface area contributed by atoms with Crippen LogP contribution in [-0.2, 0) is 14.6 Å². The first-order valence-electron chi connectivity index (χ1n) is 6.40. The molecule has 1 N–H and O–H groups in total. The molecule has 22 heavy (non-hydrogen) atoms. The maximum atomic E-state index is 12.7. The number of carboxylic acids is 1. The van der Waals surface area contributed by atoms with E-state index in [0.29, 0.717) is 10.6 Å². The molecule has 1 aliphatic rings. The van der Waals surface area contributed by atoms with Crippen molar-refractivity contribution in [3.05, 3.63) is 47.0 Å². The van der Waals surface area contributed by atoms with Gasteiger partial charge in [0.05, 0.1) is 5.92 Å². The molecule has 1 unspecified atom stereocenters. The zero-order valence-electron chi connectivity index (χ0n) is 11.4. The van der Waals surface area contributed by atoms with Crippen LogP contribution >= 0.6 is 11.6 Å². The number of aliphatic carboxylic acids is 1. The van der Waals surface area contributed by atoms with Gasteiger partial charge in [-0.15, -0.1) is 0 Å². The first kappa shape index (κ1) is 14.9. The largest absolute Gasteiger partial charge is 0.481 e. The van der Waals surface area contributed by atoms with Crippen molar-refractivity contribution in [1.29, 1.82) is 0 Å². The summed E-state index contributed by atoms with van der Waals surface area (Å²) in [5.41, 5.74) is 0.399. The van der Waals surface area contributed by atoms with Gasteiger partial charge < -0.3 is 9.84 Å². The van der Waals surface area contributed by atoms with Gasteiger partial charge in [0, 0.05) is 11.1 Å². The SMILES string of the molecule is CC(C(=O)O)c1ccc2c(c1)S(=O)(=O)c1ccc(Cl)cc1O2. The summed E-state index contributed by atoms with van der Waals surface area (Å²) in [6.07, 6.45) is 0. The van der Waals surface area contributed by atoms with E-state index in [1.807, 2.05) is 0 Å². The van der Waals surface area contributed by atoms with Crippen molar-refractivity contribution < 1.29 is 23.1 Å². The van der Waals surface area contributed by atoms with Gasteiger partial charge in [0.25, 0.3) is 0 Å². The van der Waals surface area contributed by atoms with Gasteiger partial charge in [-0.2, -0.15) is 0 Å². The first-order valence-corrected chi connectivity index (χ1v) is 8.26. The Hall–Kier alpha value is -2.05. The second-order valence-corrected chi connectivity index (χ2v) is 7.29. The van der Waals surface area contributed by atoms with Crippen LogP contribution in [0.2, 0.25) is 5.02 Å². The molecule has 1 heterocycles. The third-order valence-corrected chi connectivity index (χ3v) is 5.59. The van der Waals surface area contributed by atoms with E-state index in [0.717, 1.165) is 0 Å². The standard InChI is InChI=1S/C15H11ClO5S/c1-8(15(17)18)9-2-4-11-14(6-9)22(19,20)13-5-3-10(16)7-12(13)21-11/h2-8H,1H3,(H,17,18). The highest BCUT2D eigenvalue weighted by Gasteiger charge is 2.32. The van der Waals surface area contributed by atoms with Crippen molar-refractivity contribution in [3.8, 4) is 11.5 Å². The van der Waals surface area contributed by atoms with E-state index in [1.165, 1.54) is 37.3 Å². The summed E-state index contributed by atoms with van der Waals surface area (Å²) in [6, 6.07) is 8.64. The lowest BCUT2D eigenvalue weighted by molar-refractivity contribution is -0.138. The molecular formula is C15H11ClO5S. The lowest BCUT2D eigenvalue weighted by Gasteiger charge is -2.21. The Balaban J connectivity index is 2.19. The predicted octanol–water partition coefficient (Wildman–Crippen LogP) is 3.47. The molecule has 0 saturated carbocycles. The van der Waals surface area contributed by atoms with Crippen molar-refractivity contribution in [2.75, 3.05) is 0 Å². The van der Waals surface area contributed by atoms with Crippen LogP contribution in [0.4, 0.5) is 0 Å². The second-order valence-electron chi connectivity index (χ2n) is 4.96. The van der Waals surface area contributed by atoms with Crippen molar-refractivity contribution in [2.45, 2.75) is 22.6 Å². The fraction of sp³-hybridized carbons (Fsp3) is 0.133. The molecule has 0 aromatic heterocycles. The predicted molar refractivity (Wildman–Crippen MR) is 79.5 cm³/mol. The number of carboxylic acid groups (broad SMARTS) is 1. The van der Waals surface area contributed by atoms with Gasteiger partial charge >= 0.3 is 5.97 Å². The molecule has 114 valence electrons. The normalized spacial score (nSPS) is 16.1. The summed E-state index contributed by atoms with van der Waals surface area (Å²) in [5, 5.41) is 9.43. The lowest BCUT2D eigenvalue weighted by atomic mass is 10.0. The average Bonchev–Trinajstić information content (AvgIpc) is 2.45. The number of hydrogen-bond donors (Lipinski definition) is 1. The monoisotopic (exact) mass is 338 g/mol. The third kappa shape index (κ3) is 2.24. The minimum absolute atomic E-state index is 0.0181. The van der Waals surface area contributed by atoms with Gasteiger partial charge in [-0.3, -0.25) is 4.79 Å². The Kier molecular flexibility index (Phi) is 3.38. The van der Waals surface area contributed by atoms with Crippen LogP contribution in [0.3, 0.4) is 0 Å². The van der Waals surface area contributed by atoms with Gasteiger partial charge in [0.1, 0.15) is 21.3 Å². The highest BCUT2D eigenvalue weighted by molar-refractivity contribution is 7.91. The van der Waals surface area contributed by atoms with Crippen molar-refractivity contribution in [3.63, 3.8) is 0 Å². The van der Waals surface area contributed by atoms with E-state index >= 15 is 0 Å². The average molecular weight is 339 g/mol. The zero-order valence-corrected chi connectivity index (χ0v) is 13.0. The van der Waals surface area contributed by atoms with Gasteiger partial charge in [-0.1, -0.05) is 17.7 Å². The summed E-state index contributed by atoms with van der Waals surface area (Å²) in [7, 11) is -3.78. The smallest absolute Gasteiger partial charge is 0.310 e. The minimum atomic E-state index is -3.78. The topological polar surface area (TPSA) is 80.7 Å². The summed E-state index contributed by atoms with van der Waals surface area (Å²) < 4.78 is 30.9.